The maximum absolute atomic E-state index is 9.02. The molecule has 0 amide bonds. The molecule has 0 atom stereocenters. The summed E-state index contributed by atoms with van der Waals surface area (Å²) in [4.78, 5) is 4.42. The van der Waals surface area contributed by atoms with Crippen LogP contribution in [0.25, 0.3) is 10.6 Å². The van der Waals surface area contributed by atoms with Crippen LogP contribution in [0, 0.1) is 20.8 Å². The summed E-state index contributed by atoms with van der Waals surface area (Å²) in [7, 11) is 0. The molecule has 0 aliphatic carbocycles. The van der Waals surface area contributed by atoms with E-state index in [4.69, 9.17) is 5.11 Å². The van der Waals surface area contributed by atoms with Gasteiger partial charge in [0.05, 0.1) is 12.3 Å². The zero-order valence-electron chi connectivity index (χ0n) is 9.74. The summed E-state index contributed by atoms with van der Waals surface area (Å²) in [5.41, 5.74) is 5.72. The third-order valence-electron chi connectivity index (χ3n) is 2.60. The van der Waals surface area contributed by atoms with Gasteiger partial charge in [-0.25, -0.2) is 4.98 Å². The van der Waals surface area contributed by atoms with Gasteiger partial charge in [0.25, 0.3) is 0 Å². The number of aromatic nitrogens is 1. The third-order valence-corrected chi connectivity index (χ3v) is 3.51. The topological polar surface area (TPSA) is 33.1 Å². The molecule has 16 heavy (non-hydrogen) atoms. The molecule has 0 unspecified atom stereocenters. The second-order valence-corrected chi connectivity index (χ2v) is 4.93. The summed E-state index contributed by atoms with van der Waals surface area (Å²) >= 11 is 1.59. The highest BCUT2D eigenvalue weighted by Crippen LogP contribution is 2.30. The summed E-state index contributed by atoms with van der Waals surface area (Å²) in [6, 6.07) is 4.34. The van der Waals surface area contributed by atoms with Crippen molar-refractivity contribution >= 4 is 11.3 Å². The average molecular weight is 233 g/mol. The molecule has 0 saturated heterocycles. The molecular weight excluding hydrogens is 218 g/mol. The standard InChI is InChI=1S/C13H15NOS/c1-8-4-9(2)12(10(3)5-8)13-14-11(6-15)7-16-13/h4-5,7,15H,6H2,1-3H3. The number of nitrogens with zero attached hydrogens (tertiary/aromatic N) is 1. The lowest BCUT2D eigenvalue weighted by Gasteiger charge is -2.08. The Balaban J connectivity index is 2.55. The molecule has 1 aromatic carbocycles. The molecule has 2 nitrogen and oxygen atoms in total. The van der Waals surface area contributed by atoms with E-state index in [1.165, 1.54) is 22.3 Å². The van der Waals surface area contributed by atoms with Gasteiger partial charge in [-0.2, -0.15) is 0 Å². The average Bonchev–Trinajstić information content (AvgIpc) is 2.64. The number of hydrogen-bond donors (Lipinski definition) is 1. The van der Waals surface area contributed by atoms with Crippen molar-refractivity contribution in [2.75, 3.05) is 0 Å². The van der Waals surface area contributed by atoms with E-state index in [0.717, 1.165) is 10.7 Å². The Morgan fingerprint density at radius 1 is 1.19 bits per heavy atom. The van der Waals surface area contributed by atoms with Gasteiger partial charge in [-0.3, -0.25) is 0 Å². The van der Waals surface area contributed by atoms with Gasteiger partial charge < -0.3 is 5.11 Å². The summed E-state index contributed by atoms with van der Waals surface area (Å²) < 4.78 is 0. The fraction of sp³-hybridized carbons (Fsp3) is 0.308. The highest BCUT2D eigenvalue weighted by molar-refractivity contribution is 7.13. The number of hydrogen-bond acceptors (Lipinski definition) is 3. The highest BCUT2D eigenvalue weighted by atomic mass is 32.1. The number of benzene rings is 1. The second kappa shape index (κ2) is 4.36. The van der Waals surface area contributed by atoms with E-state index in [-0.39, 0.29) is 6.61 Å². The molecule has 84 valence electrons. The van der Waals surface area contributed by atoms with Crippen LogP contribution in [0.5, 0.6) is 0 Å². The van der Waals surface area contributed by atoms with E-state index < -0.39 is 0 Å². The SMILES string of the molecule is Cc1cc(C)c(-c2nc(CO)cs2)c(C)c1. The van der Waals surface area contributed by atoms with Gasteiger partial charge >= 0.3 is 0 Å². The Morgan fingerprint density at radius 3 is 2.31 bits per heavy atom. The second-order valence-electron chi connectivity index (χ2n) is 4.08. The van der Waals surface area contributed by atoms with E-state index in [2.05, 4.69) is 37.9 Å². The molecule has 0 spiro atoms. The van der Waals surface area contributed by atoms with Gasteiger partial charge in [0.2, 0.25) is 0 Å². The van der Waals surface area contributed by atoms with Crippen LogP contribution in [0.2, 0.25) is 0 Å². The van der Waals surface area contributed by atoms with E-state index >= 15 is 0 Å². The lowest BCUT2D eigenvalue weighted by Crippen LogP contribution is -1.90. The highest BCUT2D eigenvalue weighted by Gasteiger charge is 2.10. The van der Waals surface area contributed by atoms with Gasteiger partial charge in [0.1, 0.15) is 5.01 Å². The fourth-order valence-corrected chi connectivity index (χ4v) is 3.00. The van der Waals surface area contributed by atoms with Crippen molar-refractivity contribution in [1.29, 1.82) is 0 Å². The molecule has 0 bridgehead atoms. The first-order valence-electron chi connectivity index (χ1n) is 5.25. The van der Waals surface area contributed by atoms with Crippen LogP contribution in [0.1, 0.15) is 22.4 Å². The number of aliphatic hydroxyl groups excluding tert-OH is 1. The zero-order chi connectivity index (χ0) is 11.7. The number of aliphatic hydroxyl groups is 1. The van der Waals surface area contributed by atoms with E-state index in [0.29, 0.717) is 0 Å². The maximum atomic E-state index is 9.02. The largest absolute Gasteiger partial charge is 0.390 e. The number of aryl methyl sites for hydroxylation is 3. The summed E-state index contributed by atoms with van der Waals surface area (Å²) in [5.74, 6) is 0. The molecule has 2 rings (SSSR count). The number of rotatable bonds is 2. The van der Waals surface area contributed by atoms with Gasteiger partial charge in [0, 0.05) is 10.9 Å². The summed E-state index contributed by atoms with van der Waals surface area (Å²) in [5, 5.41) is 11.9. The Kier molecular flexibility index (Phi) is 3.08. The molecule has 0 aliphatic heterocycles. The van der Waals surface area contributed by atoms with Gasteiger partial charge in [0.15, 0.2) is 0 Å². The van der Waals surface area contributed by atoms with E-state index in [1.807, 2.05) is 5.38 Å². The molecule has 2 aromatic rings. The van der Waals surface area contributed by atoms with Crippen molar-refractivity contribution in [3.8, 4) is 10.6 Å². The summed E-state index contributed by atoms with van der Waals surface area (Å²) in [6.45, 7) is 6.33. The lowest BCUT2D eigenvalue weighted by molar-refractivity contribution is 0.278. The van der Waals surface area contributed by atoms with Crippen molar-refractivity contribution in [2.45, 2.75) is 27.4 Å². The fourth-order valence-electron chi connectivity index (χ4n) is 2.01. The van der Waals surface area contributed by atoms with Crippen molar-refractivity contribution < 1.29 is 5.11 Å². The number of thiazole rings is 1. The lowest BCUT2D eigenvalue weighted by atomic mass is 10.0. The Bertz CT molecular complexity index is 493. The molecule has 1 N–H and O–H groups in total. The van der Waals surface area contributed by atoms with Crippen LogP contribution in [0.3, 0.4) is 0 Å². The van der Waals surface area contributed by atoms with Crippen LogP contribution in [-0.4, -0.2) is 10.1 Å². The maximum Gasteiger partial charge on any atom is 0.124 e. The minimum absolute atomic E-state index is 0.0143. The normalized spacial score (nSPS) is 10.8. The molecule has 1 heterocycles. The third kappa shape index (κ3) is 2.01. The molecule has 3 heteroatoms. The van der Waals surface area contributed by atoms with Gasteiger partial charge in [-0.15, -0.1) is 11.3 Å². The molecule has 0 aliphatic rings. The van der Waals surface area contributed by atoms with Crippen LogP contribution < -0.4 is 0 Å². The van der Waals surface area contributed by atoms with Gasteiger partial charge in [-0.1, -0.05) is 17.7 Å². The first-order chi connectivity index (χ1) is 7.61. The van der Waals surface area contributed by atoms with Crippen molar-refractivity contribution in [2.24, 2.45) is 0 Å². The van der Waals surface area contributed by atoms with Crippen LogP contribution in [-0.2, 0) is 6.61 Å². The van der Waals surface area contributed by atoms with Crippen molar-refractivity contribution in [1.82, 2.24) is 4.98 Å². The minimum atomic E-state index is 0.0143. The Labute approximate surface area is 99.6 Å². The van der Waals surface area contributed by atoms with E-state index in [9.17, 15) is 0 Å². The van der Waals surface area contributed by atoms with Crippen molar-refractivity contribution in [3.05, 3.63) is 39.9 Å². The molecular formula is C13H15NOS. The first kappa shape index (κ1) is 11.3. The molecule has 0 fully saturated rings. The smallest absolute Gasteiger partial charge is 0.124 e. The molecule has 0 radical (unpaired) electrons. The van der Waals surface area contributed by atoms with Crippen LogP contribution in [0.15, 0.2) is 17.5 Å². The Hall–Kier alpha value is -1.19. The Morgan fingerprint density at radius 2 is 1.81 bits per heavy atom. The molecule has 1 aromatic heterocycles. The van der Waals surface area contributed by atoms with E-state index in [1.54, 1.807) is 11.3 Å². The summed E-state index contributed by atoms with van der Waals surface area (Å²) in [6.07, 6.45) is 0. The van der Waals surface area contributed by atoms with Crippen LogP contribution >= 0.6 is 11.3 Å². The van der Waals surface area contributed by atoms with Crippen LogP contribution in [0.4, 0.5) is 0 Å². The first-order valence-corrected chi connectivity index (χ1v) is 6.13. The van der Waals surface area contributed by atoms with Crippen molar-refractivity contribution in [3.63, 3.8) is 0 Å². The minimum Gasteiger partial charge on any atom is -0.390 e. The van der Waals surface area contributed by atoms with Gasteiger partial charge in [-0.05, 0) is 31.9 Å². The predicted octanol–water partition coefficient (Wildman–Crippen LogP) is 3.23. The monoisotopic (exact) mass is 233 g/mol. The zero-order valence-corrected chi connectivity index (χ0v) is 10.6. The quantitative estimate of drug-likeness (QED) is 0.864. The molecule has 0 saturated carbocycles. The predicted molar refractivity (Wildman–Crippen MR) is 67.7 cm³/mol.